The van der Waals surface area contributed by atoms with Crippen molar-refractivity contribution in [2.24, 2.45) is 0 Å². The minimum atomic E-state index is -0.0142. The van der Waals surface area contributed by atoms with Crippen LogP contribution in [-0.2, 0) is 28.8 Å². The monoisotopic (exact) mass is 291 g/mol. The van der Waals surface area contributed by atoms with Crippen LogP contribution in [0.4, 0.5) is 0 Å². The average Bonchev–Trinajstić information content (AvgIpc) is 2.51. The Hall–Kier alpha value is -1.39. The van der Waals surface area contributed by atoms with Gasteiger partial charge in [-0.1, -0.05) is 18.2 Å². The number of methoxy groups -OCH3 is 1. The molecule has 0 unspecified atom stereocenters. The lowest BCUT2D eigenvalue weighted by atomic mass is 9.90. The van der Waals surface area contributed by atoms with E-state index in [-0.39, 0.29) is 12.5 Å². The minimum absolute atomic E-state index is 0.0142. The first-order valence-electron chi connectivity index (χ1n) is 7.73. The van der Waals surface area contributed by atoms with E-state index in [9.17, 15) is 4.79 Å². The van der Waals surface area contributed by atoms with E-state index in [0.29, 0.717) is 26.1 Å². The zero-order valence-electron chi connectivity index (χ0n) is 12.8. The molecule has 1 N–H and O–H groups in total. The summed E-state index contributed by atoms with van der Waals surface area (Å²) in [5, 5.41) is 9.07. The Kier molecular flexibility index (Phi) is 6.21. The molecule has 1 aliphatic carbocycles. The van der Waals surface area contributed by atoms with Crippen molar-refractivity contribution in [3.63, 3.8) is 0 Å². The molecule has 0 radical (unpaired) electrons. The second-order valence-corrected chi connectivity index (χ2v) is 5.58. The Labute approximate surface area is 126 Å². The third-order valence-corrected chi connectivity index (χ3v) is 4.06. The Balaban J connectivity index is 2.00. The van der Waals surface area contributed by atoms with Gasteiger partial charge in [0.1, 0.15) is 0 Å². The molecular formula is C17H25NO3. The van der Waals surface area contributed by atoms with Gasteiger partial charge in [0.15, 0.2) is 0 Å². The number of amides is 1. The Morgan fingerprint density at radius 2 is 2.00 bits per heavy atom. The van der Waals surface area contributed by atoms with Crippen molar-refractivity contribution in [3.05, 3.63) is 34.9 Å². The van der Waals surface area contributed by atoms with E-state index in [1.54, 1.807) is 12.0 Å². The van der Waals surface area contributed by atoms with Gasteiger partial charge in [-0.25, -0.2) is 0 Å². The molecule has 0 bridgehead atoms. The van der Waals surface area contributed by atoms with Crippen LogP contribution in [0.25, 0.3) is 0 Å². The molecule has 4 nitrogen and oxygen atoms in total. The first-order valence-corrected chi connectivity index (χ1v) is 7.73. The van der Waals surface area contributed by atoms with Crippen molar-refractivity contribution in [1.82, 2.24) is 4.90 Å². The molecule has 0 aliphatic heterocycles. The van der Waals surface area contributed by atoms with E-state index in [0.717, 1.165) is 18.4 Å². The fourth-order valence-corrected chi connectivity index (χ4v) is 2.87. The van der Waals surface area contributed by atoms with E-state index >= 15 is 0 Å². The summed E-state index contributed by atoms with van der Waals surface area (Å²) in [5.74, 6) is 0.0526. The molecule has 0 atom stereocenters. The summed E-state index contributed by atoms with van der Waals surface area (Å²) in [7, 11) is 1.62. The van der Waals surface area contributed by atoms with Gasteiger partial charge in [-0.2, -0.15) is 0 Å². The summed E-state index contributed by atoms with van der Waals surface area (Å²) in [6, 6.07) is 6.41. The fraction of sp³-hybridized carbons (Fsp3) is 0.588. The maximum absolute atomic E-state index is 12.3. The largest absolute Gasteiger partial charge is 0.395 e. The molecule has 1 aromatic carbocycles. The summed E-state index contributed by atoms with van der Waals surface area (Å²) >= 11 is 0. The van der Waals surface area contributed by atoms with Crippen LogP contribution in [0.5, 0.6) is 0 Å². The van der Waals surface area contributed by atoms with E-state index in [4.69, 9.17) is 9.84 Å². The summed E-state index contributed by atoms with van der Waals surface area (Å²) in [6.45, 7) is 1.38. The number of rotatable bonds is 7. The lowest BCUT2D eigenvalue weighted by Gasteiger charge is -2.22. The molecule has 1 aliphatic rings. The SMILES string of the molecule is COCCN(CCO)C(=O)Cc1ccc2c(c1)CCCC2. The summed E-state index contributed by atoms with van der Waals surface area (Å²) in [6.07, 6.45) is 5.20. The molecule has 4 heteroatoms. The van der Waals surface area contributed by atoms with Crippen molar-refractivity contribution in [3.8, 4) is 0 Å². The number of aliphatic hydroxyl groups excluding tert-OH is 1. The van der Waals surface area contributed by atoms with Crippen LogP contribution in [0.3, 0.4) is 0 Å². The van der Waals surface area contributed by atoms with Gasteiger partial charge in [0.2, 0.25) is 5.91 Å². The van der Waals surface area contributed by atoms with Crippen LogP contribution in [0.1, 0.15) is 29.5 Å². The van der Waals surface area contributed by atoms with E-state index in [1.807, 2.05) is 0 Å². The van der Waals surface area contributed by atoms with Crippen LogP contribution in [0.15, 0.2) is 18.2 Å². The number of aryl methyl sites for hydroxylation is 2. The predicted octanol–water partition coefficient (Wildman–Crippen LogP) is 1.58. The number of ether oxygens (including phenoxy) is 1. The number of carbonyl (C=O) groups excluding carboxylic acids is 1. The number of aliphatic hydroxyl groups is 1. The van der Waals surface area contributed by atoms with Crippen LogP contribution < -0.4 is 0 Å². The molecule has 1 amide bonds. The molecule has 21 heavy (non-hydrogen) atoms. The van der Waals surface area contributed by atoms with Crippen molar-refractivity contribution in [1.29, 1.82) is 0 Å². The molecule has 0 aromatic heterocycles. The van der Waals surface area contributed by atoms with Crippen molar-refractivity contribution >= 4 is 5.91 Å². The third kappa shape index (κ3) is 4.55. The molecule has 0 saturated heterocycles. The van der Waals surface area contributed by atoms with Crippen LogP contribution in [0, 0.1) is 0 Å². The normalized spacial score (nSPS) is 13.8. The lowest BCUT2D eigenvalue weighted by Crippen LogP contribution is -2.37. The highest BCUT2D eigenvalue weighted by Gasteiger charge is 2.15. The molecule has 1 aromatic rings. The highest BCUT2D eigenvalue weighted by molar-refractivity contribution is 5.78. The van der Waals surface area contributed by atoms with Crippen LogP contribution in [-0.4, -0.2) is 49.3 Å². The van der Waals surface area contributed by atoms with E-state index < -0.39 is 0 Å². The van der Waals surface area contributed by atoms with Crippen molar-refractivity contribution < 1.29 is 14.6 Å². The molecule has 0 spiro atoms. The summed E-state index contributed by atoms with van der Waals surface area (Å²) in [5.41, 5.74) is 3.90. The zero-order valence-corrected chi connectivity index (χ0v) is 12.8. The quantitative estimate of drug-likeness (QED) is 0.830. The predicted molar refractivity (Wildman–Crippen MR) is 82.3 cm³/mol. The first-order chi connectivity index (χ1) is 10.2. The van der Waals surface area contributed by atoms with Gasteiger partial charge in [-0.15, -0.1) is 0 Å². The van der Waals surface area contributed by atoms with Crippen molar-refractivity contribution in [2.45, 2.75) is 32.1 Å². The Morgan fingerprint density at radius 3 is 2.71 bits per heavy atom. The van der Waals surface area contributed by atoms with Crippen LogP contribution >= 0.6 is 0 Å². The van der Waals surface area contributed by atoms with Crippen molar-refractivity contribution in [2.75, 3.05) is 33.4 Å². The molecular weight excluding hydrogens is 266 g/mol. The lowest BCUT2D eigenvalue weighted by molar-refractivity contribution is -0.131. The van der Waals surface area contributed by atoms with Gasteiger partial charge in [0.05, 0.1) is 19.6 Å². The third-order valence-electron chi connectivity index (χ3n) is 4.06. The highest BCUT2D eigenvalue weighted by atomic mass is 16.5. The van der Waals surface area contributed by atoms with Gasteiger partial charge in [0, 0.05) is 20.2 Å². The number of hydrogen-bond acceptors (Lipinski definition) is 3. The van der Waals surface area contributed by atoms with Gasteiger partial charge in [-0.3, -0.25) is 4.79 Å². The van der Waals surface area contributed by atoms with Gasteiger partial charge >= 0.3 is 0 Å². The Morgan fingerprint density at radius 1 is 1.24 bits per heavy atom. The maximum atomic E-state index is 12.3. The number of carbonyl (C=O) groups is 1. The maximum Gasteiger partial charge on any atom is 0.227 e. The highest BCUT2D eigenvalue weighted by Crippen LogP contribution is 2.22. The first kappa shape index (κ1) is 16.0. The smallest absolute Gasteiger partial charge is 0.227 e. The second kappa shape index (κ2) is 8.15. The fourth-order valence-electron chi connectivity index (χ4n) is 2.87. The average molecular weight is 291 g/mol. The zero-order chi connectivity index (χ0) is 15.1. The molecule has 116 valence electrons. The van der Waals surface area contributed by atoms with Gasteiger partial charge in [0.25, 0.3) is 0 Å². The topological polar surface area (TPSA) is 49.8 Å². The summed E-state index contributed by atoms with van der Waals surface area (Å²) in [4.78, 5) is 14.0. The number of hydrogen-bond donors (Lipinski definition) is 1. The molecule has 0 heterocycles. The van der Waals surface area contributed by atoms with Gasteiger partial charge in [-0.05, 0) is 42.4 Å². The number of benzene rings is 1. The van der Waals surface area contributed by atoms with E-state index in [2.05, 4.69) is 18.2 Å². The Bertz CT molecular complexity index is 473. The number of nitrogens with zero attached hydrogens (tertiary/aromatic N) is 1. The summed E-state index contributed by atoms with van der Waals surface area (Å²) < 4.78 is 5.02. The molecule has 2 rings (SSSR count). The standard InChI is InChI=1S/C17H25NO3/c1-21-11-9-18(8-10-19)17(20)13-14-6-7-15-4-2-3-5-16(15)12-14/h6-7,12,19H,2-5,8-11,13H2,1H3. The molecule has 0 fully saturated rings. The minimum Gasteiger partial charge on any atom is -0.395 e. The van der Waals surface area contributed by atoms with Crippen LogP contribution in [0.2, 0.25) is 0 Å². The second-order valence-electron chi connectivity index (χ2n) is 5.58. The number of fused-ring (bicyclic) bond motifs is 1. The van der Waals surface area contributed by atoms with E-state index in [1.165, 1.54) is 24.0 Å². The van der Waals surface area contributed by atoms with Gasteiger partial charge < -0.3 is 14.7 Å². The molecule has 0 saturated carbocycles.